The molecule has 0 unspecified atom stereocenters. The van der Waals surface area contributed by atoms with Gasteiger partial charge in [-0.15, -0.1) is 11.3 Å². The van der Waals surface area contributed by atoms with Crippen LogP contribution in [-0.2, 0) is 16.1 Å². The molecule has 2 rings (SSSR count). The van der Waals surface area contributed by atoms with Gasteiger partial charge in [-0.2, -0.15) is 0 Å². The minimum atomic E-state index is -0.621. The Balaban J connectivity index is 1.98. The number of carbonyl (C=O) groups excluding carboxylic acids is 3. The van der Waals surface area contributed by atoms with Crippen molar-refractivity contribution < 1.29 is 14.4 Å². The van der Waals surface area contributed by atoms with Gasteiger partial charge < -0.3 is 5.32 Å². The fraction of sp³-hybridized carbons (Fsp3) is 0.118. The van der Waals surface area contributed by atoms with Crippen LogP contribution in [0.3, 0.4) is 0 Å². The number of hydrogen-bond acceptors (Lipinski definition) is 4. The van der Waals surface area contributed by atoms with E-state index in [0.29, 0.717) is 6.54 Å². The number of amides is 3. The number of carbonyl (C=O) groups is 2. The molecule has 0 spiro atoms. The first kappa shape index (κ1) is 16.6. The van der Waals surface area contributed by atoms with E-state index in [9.17, 15) is 14.4 Å². The van der Waals surface area contributed by atoms with Gasteiger partial charge >= 0.3 is 6.03 Å². The lowest BCUT2D eigenvalue weighted by atomic mass is 10.2. The highest BCUT2D eigenvalue weighted by molar-refractivity contribution is 7.09. The Labute approximate surface area is 138 Å². The zero-order valence-electron chi connectivity index (χ0n) is 12.3. The molecule has 117 valence electrons. The summed E-state index contributed by atoms with van der Waals surface area (Å²) in [5.74, 6) is -0.569. The van der Waals surface area contributed by atoms with Gasteiger partial charge in [0.25, 0.3) is 5.91 Å². The van der Waals surface area contributed by atoms with Gasteiger partial charge in [-0.25, -0.2) is 4.79 Å². The van der Waals surface area contributed by atoms with Gasteiger partial charge in [-0.3, -0.25) is 14.5 Å². The topological polar surface area (TPSA) is 66.5 Å². The van der Waals surface area contributed by atoms with Crippen LogP contribution in [0.15, 0.2) is 53.9 Å². The first-order chi connectivity index (χ1) is 11.2. The Morgan fingerprint density at radius 2 is 1.96 bits per heavy atom. The van der Waals surface area contributed by atoms with Crippen molar-refractivity contribution in [3.8, 4) is 0 Å². The summed E-state index contributed by atoms with van der Waals surface area (Å²) in [6, 6.07) is 12.3. The average Bonchev–Trinajstić information content (AvgIpc) is 3.10. The lowest BCUT2D eigenvalue weighted by Gasteiger charge is -2.16. The smallest absolute Gasteiger partial charge is 0.325 e. The van der Waals surface area contributed by atoms with E-state index in [-0.39, 0.29) is 0 Å². The fourth-order valence-corrected chi connectivity index (χ4v) is 2.45. The summed E-state index contributed by atoms with van der Waals surface area (Å²) in [4.78, 5) is 36.6. The standard InChI is InChI=1S/C17H15N2O3S/c20-11-10-19(17(22)18-13-15-7-4-12-23-15)16(21)9-8-14-5-2-1-3-6-14/h1-9,12H,10,13H2,(H,18,22)/b9-8+. The highest BCUT2D eigenvalue weighted by Crippen LogP contribution is 2.08. The third kappa shape index (κ3) is 5.19. The Morgan fingerprint density at radius 3 is 2.61 bits per heavy atom. The molecule has 0 saturated carbocycles. The number of thiophene rings is 1. The van der Waals surface area contributed by atoms with Crippen LogP contribution in [0.5, 0.6) is 0 Å². The summed E-state index contributed by atoms with van der Waals surface area (Å²) in [5, 5.41) is 4.51. The first-order valence-electron chi connectivity index (χ1n) is 6.90. The van der Waals surface area contributed by atoms with Crippen molar-refractivity contribution in [2.24, 2.45) is 0 Å². The summed E-state index contributed by atoms with van der Waals surface area (Å²) >= 11 is 1.50. The summed E-state index contributed by atoms with van der Waals surface area (Å²) in [6.07, 6.45) is 4.44. The second kappa shape index (κ2) is 8.65. The summed E-state index contributed by atoms with van der Waals surface area (Å²) in [7, 11) is 0. The van der Waals surface area contributed by atoms with Gasteiger partial charge in [0.05, 0.1) is 13.1 Å². The Kier molecular flexibility index (Phi) is 6.26. The summed E-state index contributed by atoms with van der Waals surface area (Å²) in [5.41, 5.74) is 0.829. The van der Waals surface area contributed by atoms with Gasteiger partial charge in [-0.05, 0) is 23.1 Å². The molecule has 0 fully saturated rings. The number of rotatable bonds is 6. The minimum absolute atomic E-state index is 0.307. The highest BCUT2D eigenvalue weighted by atomic mass is 32.1. The minimum Gasteiger partial charge on any atom is -0.333 e. The van der Waals surface area contributed by atoms with Crippen molar-refractivity contribution in [1.82, 2.24) is 10.2 Å². The molecule has 1 aromatic carbocycles. The van der Waals surface area contributed by atoms with Crippen LogP contribution in [0.2, 0.25) is 0 Å². The van der Waals surface area contributed by atoms with E-state index in [1.54, 1.807) is 12.4 Å². The molecule has 0 aliphatic carbocycles. The van der Waals surface area contributed by atoms with Gasteiger partial charge in [-0.1, -0.05) is 36.4 Å². The van der Waals surface area contributed by atoms with Crippen molar-refractivity contribution in [2.45, 2.75) is 6.54 Å². The molecule has 6 heteroatoms. The summed E-state index contributed by atoms with van der Waals surface area (Å²) in [6.45, 7) is -0.101. The molecule has 1 heterocycles. The molecule has 2 aromatic rings. The maximum Gasteiger partial charge on any atom is 0.325 e. The van der Waals surface area contributed by atoms with E-state index in [1.807, 2.05) is 47.8 Å². The van der Waals surface area contributed by atoms with Crippen LogP contribution in [-0.4, -0.2) is 29.7 Å². The monoisotopic (exact) mass is 327 g/mol. The van der Waals surface area contributed by atoms with Gasteiger partial charge in [0.2, 0.25) is 6.29 Å². The Bertz CT molecular complexity index is 681. The van der Waals surface area contributed by atoms with Crippen LogP contribution in [0.4, 0.5) is 4.79 Å². The van der Waals surface area contributed by atoms with E-state index in [0.717, 1.165) is 15.3 Å². The lowest BCUT2D eigenvalue weighted by molar-refractivity contribution is -0.122. The predicted molar refractivity (Wildman–Crippen MR) is 89.4 cm³/mol. The van der Waals surface area contributed by atoms with Crippen molar-refractivity contribution in [3.05, 3.63) is 64.4 Å². The predicted octanol–water partition coefficient (Wildman–Crippen LogP) is 2.61. The average molecular weight is 327 g/mol. The maximum absolute atomic E-state index is 12.1. The number of benzene rings is 1. The van der Waals surface area contributed by atoms with Crippen molar-refractivity contribution in [2.75, 3.05) is 6.54 Å². The van der Waals surface area contributed by atoms with Crippen LogP contribution in [0, 0.1) is 0 Å². The fourth-order valence-electron chi connectivity index (χ4n) is 1.81. The van der Waals surface area contributed by atoms with Gasteiger partial charge in [0, 0.05) is 11.0 Å². The zero-order chi connectivity index (χ0) is 16.5. The molecule has 1 N–H and O–H groups in total. The second-order valence-electron chi connectivity index (χ2n) is 4.55. The normalized spacial score (nSPS) is 10.4. The SMILES string of the molecule is O=[C]CN(C(=O)/C=C/c1ccccc1)C(=O)NCc1cccs1. The molecule has 1 aromatic heterocycles. The zero-order valence-corrected chi connectivity index (χ0v) is 13.1. The molecule has 0 bridgehead atoms. The van der Waals surface area contributed by atoms with Crippen LogP contribution in [0.1, 0.15) is 10.4 Å². The Morgan fingerprint density at radius 1 is 1.17 bits per heavy atom. The molecule has 0 aliphatic rings. The summed E-state index contributed by atoms with van der Waals surface area (Å²) < 4.78 is 0. The van der Waals surface area contributed by atoms with Crippen molar-refractivity contribution in [1.29, 1.82) is 0 Å². The largest absolute Gasteiger partial charge is 0.333 e. The number of nitrogens with one attached hydrogen (secondary N) is 1. The van der Waals surface area contributed by atoms with Gasteiger partial charge in [0.15, 0.2) is 0 Å². The second-order valence-corrected chi connectivity index (χ2v) is 5.58. The lowest BCUT2D eigenvalue weighted by Crippen LogP contribution is -2.43. The number of hydrogen-bond donors (Lipinski definition) is 1. The molecular weight excluding hydrogens is 312 g/mol. The quantitative estimate of drug-likeness (QED) is 0.829. The third-order valence-corrected chi connectivity index (χ3v) is 3.82. The van der Waals surface area contributed by atoms with Crippen molar-refractivity contribution in [3.63, 3.8) is 0 Å². The maximum atomic E-state index is 12.1. The van der Waals surface area contributed by atoms with Gasteiger partial charge in [0.1, 0.15) is 0 Å². The molecule has 5 nitrogen and oxygen atoms in total. The van der Waals surface area contributed by atoms with Crippen LogP contribution >= 0.6 is 11.3 Å². The van der Waals surface area contributed by atoms with E-state index >= 15 is 0 Å². The van der Waals surface area contributed by atoms with Crippen LogP contribution in [0.25, 0.3) is 6.08 Å². The molecule has 1 radical (unpaired) electrons. The third-order valence-electron chi connectivity index (χ3n) is 2.95. The molecule has 3 amide bonds. The van der Waals surface area contributed by atoms with E-state index in [4.69, 9.17) is 0 Å². The van der Waals surface area contributed by atoms with Crippen LogP contribution < -0.4 is 5.32 Å². The number of nitrogens with zero attached hydrogens (tertiary/aromatic N) is 1. The first-order valence-corrected chi connectivity index (χ1v) is 7.78. The molecule has 23 heavy (non-hydrogen) atoms. The Hall–Kier alpha value is -2.73. The van der Waals surface area contributed by atoms with E-state index in [2.05, 4.69) is 5.32 Å². The molecule has 0 aliphatic heterocycles. The molecule has 0 saturated heterocycles. The molecular formula is C17H15N2O3S. The number of imide groups is 1. The number of urea groups is 1. The molecule has 0 atom stereocenters. The van der Waals surface area contributed by atoms with E-state index < -0.39 is 18.5 Å². The van der Waals surface area contributed by atoms with E-state index in [1.165, 1.54) is 17.4 Å². The highest BCUT2D eigenvalue weighted by Gasteiger charge is 2.19. The van der Waals surface area contributed by atoms with Crippen molar-refractivity contribution >= 4 is 35.6 Å².